The summed E-state index contributed by atoms with van der Waals surface area (Å²) in [5, 5.41) is 3.34. The Hall–Kier alpha value is -0.863. The summed E-state index contributed by atoms with van der Waals surface area (Å²) < 4.78 is 6.13. The van der Waals surface area contributed by atoms with E-state index in [9.17, 15) is 0 Å². The van der Waals surface area contributed by atoms with E-state index in [2.05, 4.69) is 36.4 Å². The van der Waals surface area contributed by atoms with E-state index < -0.39 is 8.80 Å². The first-order valence-electron chi connectivity index (χ1n) is 7.30. The highest BCUT2D eigenvalue weighted by Crippen LogP contribution is 2.26. The lowest BCUT2D eigenvalue weighted by Crippen LogP contribution is -2.46. The fourth-order valence-electron chi connectivity index (χ4n) is 3.33. The molecule has 1 saturated heterocycles. The second-order valence-corrected chi connectivity index (χ2v) is 8.57. The van der Waals surface area contributed by atoms with Crippen molar-refractivity contribution in [3.63, 3.8) is 0 Å². The maximum atomic E-state index is 6.13. The van der Waals surface area contributed by atoms with E-state index in [1.807, 2.05) is 0 Å². The van der Waals surface area contributed by atoms with E-state index in [0.29, 0.717) is 5.73 Å². The summed E-state index contributed by atoms with van der Waals surface area (Å²) in [6.07, 6.45) is 10.4. The van der Waals surface area contributed by atoms with Gasteiger partial charge in [-0.15, -0.1) is 0 Å². The van der Waals surface area contributed by atoms with Gasteiger partial charge in [0, 0.05) is 6.61 Å². The molecule has 2 heteroatoms. The Morgan fingerprint density at radius 3 is 2.61 bits per heavy atom. The van der Waals surface area contributed by atoms with E-state index in [0.717, 1.165) is 6.61 Å². The third-order valence-corrected chi connectivity index (χ3v) is 7.92. The molecular formula is C16H22OSi. The second kappa shape index (κ2) is 5.85. The molecule has 0 N–H and O–H groups in total. The molecular weight excluding hydrogens is 236 g/mol. The predicted octanol–water partition coefficient (Wildman–Crippen LogP) is 2.88. The fourth-order valence-corrected chi connectivity index (χ4v) is 7.14. The number of ether oxygens (including phenoxy) is 1. The van der Waals surface area contributed by atoms with Crippen molar-refractivity contribution in [2.45, 2.75) is 44.3 Å². The smallest absolute Gasteiger partial charge is 0.129 e. The molecule has 2 aliphatic rings. The van der Waals surface area contributed by atoms with Gasteiger partial charge in [-0.3, -0.25) is 0 Å². The molecule has 0 aromatic heterocycles. The van der Waals surface area contributed by atoms with Crippen LogP contribution in [0.15, 0.2) is 41.6 Å². The van der Waals surface area contributed by atoms with Crippen molar-refractivity contribution in [1.29, 1.82) is 0 Å². The molecule has 1 heterocycles. The van der Waals surface area contributed by atoms with Crippen LogP contribution in [-0.2, 0) is 4.74 Å². The van der Waals surface area contributed by atoms with Crippen LogP contribution >= 0.6 is 0 Å². The Morgan fingerprint density at radius 1 is 1.06 bits per heavy atom. The Morgan fingerprint density at radius 2 is 1.94 bits per heavy atom. The van der Waals surface area contributed by atoms with Gasteiger partial charge in [0.15, 0.2) is 0 Å². The van der Waals surface area contributed by atoms with Gasteiger partial charge < -0.3 is 4.74 Å². The van der Waals surface area contributed by atoms with Gasteiger partial charge in [-0.25, -0.2) is 0 Å². The van der Waals surface area contributed by atoms with Gasteiger partial charge in [-0.05, 0) is 38.5 Å². The van der Waals surface area contributed by atoms with Crippen molar-refractivity contribution >= 4 is 14.0 Å². The molecule has 1 aromatic rings. The lowest BCUT2D eigenvalue weighted by molar-refractivity contribution is 0.0640. The third-order valence-electron chi connectivity index (χ3n) is 4.22. The van der Waals surface area contributed by atoms with Crippen molar-refractivity contribution in [3.8, 4) is 0 Å². The number of rotatable bonds is 3. The molecule has 18 heavy (non-hydrogen) atoms. The summed E-state index contributed by atoms with van der Waals surface area (Å²) in [5.74, 6) is 0. The lowest BCUT2D eigenvalue weighted by Gasteiger charge is -2.31. The van der Waals surface area contributed by atoms with E-state index in [4.69, 9.17) is 4.74 Å². The van der Waals surface area contributed by atoms with Gasteiger partial charge in [0.05, 0.1) is 5.73 Å². The molecule has 96 valence electrons. The van der Waals surface area contributed by atoms with Crippen LogP contribution in [-0.4, -0.2) is 21.1 Å². The van der Waals surface area contributed by atoms with Gasteiger partial charge in [-0.2, -0.15) is 0 Å². The summed E-state index contributed by atoms with van der Waals surface area (Å²) in [6, 6.07) is 11.2. The molecule has 1 aromatic carbocycles. The summed E-state index contributed by atoms with van der Waals surface area (Å²) in [7, 11) is -1.09. The second-order valence-electron chi connectivity index (χ2n) is 5.46. The summed E-state index contributed by atoms with van der Waals surface area (Å²) in [5.41, 5.74) is 0.547. The average molecular weight is 258 g/mol. The zero-order chi connectivity index (χ0) is 12.2. The van der Waals surface area contributed by atoms with Crippen LogP contribution in [0.4, 0.5) is 0 Å². The van der Waals surface area contributed by atoms with Crippen molar-refractivity contribution in [1.82, 2.24) is 0 Å². The summed E-state index contributed by atoms with van der Waals surface area (Å²) >= 11 is 0. The Bertz CT molecular complexity index is 406. The molecule has 3 rings (SSSR count). The summed E-state index contributed by atoms with van der Waals surface area (Å²) in [4.78, 5) is 0. The van der Waals surface area contributed by atoms with Crippen LogP contribution in [0.25, 0.3) is 0 Å². The van der Waals surface area contributed by atoms with Crippen molar-refractivity contribution in [2.24, 2.45) is 0 Å². The Kier molecular flexibility index (Phi) is 3.96. The zero-order valence-corrected chi connectivity index (χ0v) is 12.1. The van der Waals surface area contributed by atoms with Crippen LogP contribution in [0.1, 0.15) is 38.5 Å². The molecule has 1 nitrogen and oxygen atoms in total. The highest BCUT2D eigenvalue weighted by Gasteiger charge is 2.31. The Labute approximate surface area is 111 Å². The van der Waals surface area contributed by atoms with E-state index >= 15 is 0 Å². The molecule has 2 atom stereocenters. The van der Waals surface area contributed by atoms with E-state index in [1.54, 1.807) is 10.4 Å². The number of hydrogen-bond donors (Lipinski definition) is 0. The minimum atomic E-state index is -1.09. The van der Waals surface area contributed by atoms with Crippen LogP contribution < -0.4 is 5.19 Å². The number of benzene rings is 1. The molecule has 2 unspecified atom stereocenters. The third kappa shape index (κ3) is 2.60. The molecule has 1 aliphatic heterocycles. The molecule has 0 radical (unpaired) electrons. The maximum absolute atomic E-state index is 6.13. The molecule has 0 amide bonds. The van der Waals surface area contributed by atoms with Crippen LogP contribution in [0.5, 0.6) is 0 Å². The van der Waals surface area contributed by atoms with Gasteiger partial charge >= 0.3 is 0 Å². The zero-order valence-electron chi connectivity index (χ0n) is 11.0. The van der Waals surface area contributed by atoms with Crippen molar-refractivity contribution in [2.75, 3.05) is 6.61 Å². The van der Waals surface area contributed by atoms with Gasteiger partial charge in [0.2, 0.25) is 0 Å². The SMILES string of the molecule is C1=C([SiH](c2ccccc2)C2CCCCO2)CCC1. The average Bonchev–Trinajstić information content (AvgIpc) is 2.95. The standard InChI is InChI=1S/C16H22OSi/c1-2-8-14(9-3-1)18(15-10-4-5-11-15)16-12-6-7-13-17-16/h1-3,8-10,16,18H,4-7,11-13H2. The first-order chi connectivity index (χ1) is 8.95. The maximum Gasteiger partial charge on any atom is 0.129 e. The predicted molar refractivity (Wildman–Crippen MR) is 78.8 cm³/mol. The van der Waals surface area contributed by atoms with Crippen molar-refractivity contribution in [3.05, 3.63) is 41.6 Å². The highest BCUT2D eigenvalue weighted by atomic mass is 28.3. The van der Waals surface area contributed by atoms with Gasteiger partial charge in [-0.1, -0.05) is 46.8 Å². The Balaban J connectivity index is 1.87. The lowest BCUT2D eigenvalue weighted by atomic mass is 10.2. The fraction of sp³-hybridized carbons (Fsp3) is 0.500. The van der Waals surface area contributed by atoms with Crippen LogP contribution in [0, 0.1) is 0 Å². The normalized spacial score (nSPS) is 25.8. The van der Waals surface area contributed by atoms with Gasteiger partial charge in [0.25, 0.3) is 0 Å². The monoisotopic (exact) mass is 258 g/mol. The van der Waals surface area contributed by atoms with Crippen LogP contribution in [0.3, 0.4) is 0 Å². The molecule has 1 aliphatic carbocycles. The number of hydrogen-bond acceptors (Lipinski definition) is 1. The first kappa shape index (κ1) is 12.2. The molecule has 0 saturated carbocycles. The highest BCUT2D eigenvalue weighted by molar-refractivity contribution is 6.80. The first-order valence-corrected chi connectivity index (χ1v) is 9.13. The van der Waals surface area contributed by atoms with Crippen LogP contribution in [0.2, 0.25) is 0 Å². The minimum Gasteiger partial charge on any atom is -0.381 e. The van der Waals surface area contributed by atoms with E-state index in [1.165, 1.54) is 38.5 Å². The largest absolute Gasteiger partial charge is 0.381 e. The number of allylic oxidation sites excluding steroid dienone is 2. The molecule has 0 bridgehead atoms. The van der Waals surface area contributed by atoms with Crippen molar-refractivity contribution < 1.29 is 4.74 Å². The minimum absolute atomic E-state index is 0.547. The van der Waals surface area contributed by atoms with Gasteiger partial charge in [0.1, 0.15) is 8.80 Å². The van der Waals surface area contributed by atoms with E-state index in [-0.39, 0.29) is 0 Å². The summed E-state index contributed by atoms with van der Waals surface area (Å²) in [6.45, 7) is 0.980. The molecule has 1 fully saturated rings. The topological polar surface area (TPSA) is 9.23 Å². The quantitative estimate of drug-likeness (QED) is 0.758. The molecule has 0 spiro atoms.